The van der Waals surface area contributed by atoms with E-state index < -0.39 is 0 Å². The maximum absolute atomic E-state index is 13.1. The van der Waals surface area contributed by atoms with Gasteiger partial charge in [0.25, 0.3) is 17.4 Å². The van der Waals surface area contributed by atoms with Crippen LogP contribution in [0.5, 0.6) is 0 Å². The molecule has 0 bridgehead atoms. The summed E-state index contributed by atoms with van der Waals surface area (Å²) in [6.45, 7) is 1.23. The third-order valence-electron chi connectivity index (χ3n) is 5.63. The lowest BCUT2D eigenvalue weighted by Crippen LogP contribution is -2.31. The molecule has 10 heteroatoms. The summed E-state index contributed by atoms with van der Waals surface area (Å²) >= 11 is 1.39. The molecule has 2 aromatic carbocycles. The summed E-state index contributed by atoms with van der Waals surface area (Å²) in [7, 11) is 1.62. The van der Waals surface area contributed by atoms with E-state index in [1.54, 1.807) is 42.0 Å². The molecule has 0 atom stereocenters. The van der Waals surface area contributed by atoms with Gasteiger partial charge >= 0.3 is 0 Å². The van der Waals surface area contributed by atoms with Crippen LogP contribution in [-0.4, -0.2) is 61.9 Å². The molecule has 1 aliphatic heterocycles. The standard InChI is InChI=1S/C23H21N5O4S/c1-32-13-6-11-27-21(31)17-9-4-5-10-18(17)28-22(27)24-25-23(28)33-14-12-26-19(29)15-7-2-3-8-16(15)20(26)30/h2-5,7-10H,6,11-14H2,1H3. The Morgan fingerprint density at radius 3 is 2.33 bits per heavy atom. The van der Waals surface area contributed by atoms with E-state index in [1.807, 2.05) is 22.6 Å². The Kier molecular flexibility index (Phi) is 5.69. The van der Waals surface area contributed by atoms with E-state index in [-0.39, 0.29) is 23.9 Å². The van der Waals surface area contributed by atoms with Gasteiger partial charge in [0.2, 0.25) is 5.78 Å². The molecule has 0 radical (unpaired) electrons. The highest BCUT2D eigenvalue weighted by Gasteiger charge is 2.34. The van der Waals surface area contributed by atoms with Crippen LogP contribution in [0.4, 0.5) is 0 Å². The van der Waals surface area contributed by atoms with E-state index in [0.717, 1.165) is 0 Å². The molecule has 1 aliphatic rings. The molecule has 0 aliphatic carbocycles. The van der Waals surface area contributed by atoms with Gasteiger partial charge in [-0.15, -0.1) is 10.2 Å². The zero-order chi connectivity index (χ0) is 22.9. The van der Waals surface area contributed by atoms with Gasteiger partial charge in [0.05, 0.1) is 22.0 Å². The molecule has 2 amide bonds. The number of aromatic nitrogens is 4. The Morgan fingerprint density at radius 1 is 0.909 bits per heavy atom. The van der Waals surface area contributed by atoms with E-state index in [1.165, 1.54) is 16.7 Å². The zero-order valence-corrected chi connectivity index (χ0v) is 18.7. The number of hydrogen-bond acceptors (Lipinski definition) is 7. The number of ether oxygens (including phenoxy) is 1. The SMILES string of the molecule is COCCCn1c(=O)c2ccccc2n2c(SCCN3C(=O)c4ccccc4C3=O)nnc12. The first-order chi connectivity index (χ1) is 16.1. The summed E-state index contributed by atoms with van der Waals surface area (Å²) in [6.07, 6.45) is 0.666. The second-order valence-electron chi connectivity index (χ2n) is 7.59. The van der Waals surface area contributed by atoms with E-state index >= 15 is 0 Å². The van der Waals surface area contributed by atoms with Crippen molar-refractivity contribution in [3.63, 3.8) is 0 Å². The molecule has 0 N–H and O–H groups in total. The molecular formula is C23H21N5O4S. The second kappa shape index (κ2) is 8.80. The van der Waals surface area contributed by atoms with E-state index in [9.17, 15) is 14.4 Å². The monoisotopic (exact) mass is 463 g/mol. The highest BCUT2D eigenvalue weighted by molar-refractivity contribution is 7.99. The lowest BCUT2D eigenvalue weighted by molar-refractivity contribution is 0.0664. The molecular weight excluding hydrogens is 442 g/mol. The highest BCUT2D eigenvalue weighted by atomic mass is 32.2. The van der Waals surface area contributed by atoms with Crippen LogP contribution in [0.3, 0.4) is 0 Å². The minimum atomic E-state index is -0.278. The summed E-state index contributed by atoms with van der Waals surface area (Å²) in [5.74, 6) is 0.348. The third kappa shape index (κ3) is 3.61. The Hall–Kier alpha value is -3.50. The lowest BCUT2D eigenvalue weighted by Gasteiger charge is -2.13. The van der Waals surface area contributed by atoms with Crippen LogP contribution in [-0.2, 0) is 11.3 Å². The molecule has 0 unspecified atom stereocenters. The van der Waals surface area contributed by atoms with Gasteiger partial charge in [-0.25, -0.2) is 0 Å². The molecule has 3 heterocycles. The number of para-hydroxylation sites is 1. The van der Waals surface area contributed by atoms with Crippen LogP contribution in [0.2, 0.25) is 0 Å². The van der Waals surface area contributed by atoms with Crippen molar-refractivity contribution >= 4 is 40.3 Å². The topological polar surface area (TPSA) is 98.8 Å². The molecule has 0 spiro atoms. The van der Waals surface area contributed by atoms with Gasteiger partial charge in [-0.3, -0.25) is 28.3 Å². The smallest absolute Gasteiger partial charge is 0.262 e. The van der Waals surface area contributed by atoms with Crippen LogP contribution < -0.4 is 5.56 Å². The van der Waals surface area contributed by atoms with Crippen LogP contribution in [0, 0.1) is 0 Å². The number of fused-ring (bicyclic) bond motifs is 4. The van der Waals surface area contributed by atoms with E-state index in [0.29, 0.717) is 58.3 Å². The Bertz CT molecular complexity index is 1410. The Balaban J connectivity index is 1.43. The minimum absolute atomic E-state index is 0.121. The van der Waals surface area contributed by atoms with Gasteiger partial charge in [0.1, 0.15) is 0 Å². The maximum Gasteiger partial charge on any atom is 0.262 e. The fourth-order valence-corrected chi connectivity index (χ4v) is 4.93. The molecule has 0 saturated carbocycles. The van der Waals surface area contributed by atoms with Gasteiger partial charge in [-0.05, 0) is 30.7 Å². The van der Waals surface area contributed by atoms with Crippen molar-refractivity contribution in [2.24, 2.45) is 0 Å². The van der Waals surface area contributed by atoms with Gasteiger partial charge in [-0.2, -0.15) is 0 Å². The van der Waals surface area contributed by atoms with Crippen molar-refractivity contribution in [2.45, 2.75) is 18.1 Å². The van der Waals surface area contributed by atoms with Gasteiger partial charge in [0.15, 0.2) is 5.16 Å². The first kappa shape index (κ1) is 21.4. The first-order valence-corrected chi connectivity index (χ1v) is 11.5. The average Bonchev–Trinajstić information content (AvgIpc) is 3.36. The van der Waals surface area contributed by atoms with E-state index in [4.69, 9.17) is 4.74 Å². The van der Waals surface area contributed by atoms with Gasteiger partial charge in [-0.1, -0.05) is 36.0 Å². The van der Waals surface area contributed by atoms with Gasteiger partial charge in [0, 0.05) is 32.6 Å². The number of aryl methyl sites for hydroxylation is 1. The number of methoxy groups -OCH3 is 1. The minimum Gasteiger partial charge on any atom is -0.385 e. The molecule has 33 heavy (non-hydrogen) atoms. The molecule has 0 saturated heterocycles. The second-order valence-corrected chi connectivity index (χ2v) is 8.66. The number of carbonyl (C=O) groups excluding carboxylic acids is 2. The summed E-state index contributed by atoms with van der Waals surface area (Å²) in [4.78, 5) is 39.5. The van der Waals surface area contributed by atoms with Gasteiger partial charge < -0.3 is 4.74 Å². The number of carbonyl (C=O) groups is 2. The van der Waals surface area contributed by atoms with Crippen molar-refractivity contribution in [1.29, 1.82) is 0 Å². The Morgan fingerprint density at radius 2 is 1.61 bits per heavy atom. The molecule has 0 fully saturated rings. The van der Waals surface area contributed by atoms with Crippen LogP contribution in [0.25, 0.3) is 16.7 Å². The fourth-order valence-electron chi connectivity index (χ4n) is 4.07. The number of amides is 2. The largest absolute Gasteiger partial charge is 0.385 e. The molecule has 5 rings (SSSR count). The quantitative estimate of drug-likeness (QED) is 0.225. The van der Waals surface area contributed by atoms with Crippen molar-refractivity contribution in [2.75, 3.05) is 26.0 Å². The number of rotatable bonds is 8. The molecule has 4 aromatic rings. The zero-order valence-electron chi connectivity index (χ0n) is 17.9. The van der Waals surface area contributed by atoms with E-state index in [2.05, 4.69) is 10.2 Å². The van der Waals surface area contributed by atoms with Crippen molar-refractivity contribution in [1.82, 2.24) is 24.1 Å². The highest BCUT2D eigenvalue weighted by Crippen LogP contribution is 2.25. The lowest BCUT2D eigenvalue weighted by atomic mass is 10.1. The predicted molar refractivity (Wildman–Crippen MR) is 124 cm³/mol. The van der Waals surface area contributed by atoms with Crippen LogP contribution >= 0.6 is 11.8 Å². The third-order valence-corrected chi connectivity index (χ3v) is 6.54. The Labute approximate surface area is 193 Å². The van der Waals surface area contributed by atoms with Crippen molar-refractivity contribution in [3.05, 3.63) is 70.0 Å². The summed E-state index contributed by atoms with van der Waals surface area (Å²) < 4.78 is 8.60. The number of benzene rings is 2. The van der Waals surface area contributed by atoms with Crippen molar-refractivity contribution < 1.29 is 14.3 Å². The number of imide groups is 1. The maximum atomic E-state index is 13.1. The fraction of sp³-hybridized carbons (Fsp3) is 0.261. The summed E-state index contributed by atoms with van der Waals surface area (Å²) in [5, 5.41) is 9.77. The number of thioether (sulfide) groups is 1. The first-order valence-electron chi connectivity index (χ1n) is 10.6. The van der Waals surface area contributed by atoms with Crippen LogP contribution in [0.15, 0.2) is 58.5 Å². The normalized spacial score (nSPS) is 13.4. The summed E-state index contributed by atoms with van der Waals surface area (Å²) in [5.41, 5.74) is 1.47. The number of hydrogen-bond donors (Lipinski definition) is 0. The predicted octanol–water partition coefficient (Wildman–Crippen LogP) is 2.47. The van der Waals surface area contributed by atoms with Crippen LogP contribution in [0.1, 0.15) is 27.1 Å². The summed E-state index contributed by atoms with van der Waals surface area (Å²) in [6, 6.07) is 14.2. The molecule has 9 nitrogen and oxygen atoms in total. The number of nitrogens with zero attached hydrogens (tertiary/aromatic N) is 5. The molecule has 2 aromatic heterocycles. The van der Waals surface area contributed by atoms with Crippen molar-refractivity contribution in [3.8, 4) is 0 Å². The average molecular weight is 464 g/mol. The molecule has 168 valence electrons.